The number of nitrogens with zero attached hydrogens (tertiary/aromatic N) is 1. The van der Waals surface area contributed by atoms with Crippen LogP contribution < -0.4 is 26.6 Å². The second-order valence-corrected chi connectivity index (χ2v) is 16.1. The van der Waals surface area contributed by atoms with E-state index in [0.717, 1.165) is 32.1 Å². The number of benzene rings is 1. The number of alkyl carbamates (subject to hydrolysis) is 1. The molecule has 346 valence electrons. The van der Waals surface area contributed by atoms with Gasteiger partial charge in [0.05, 0.1) is 24.7 Å². The number of ether oxygens (including phenoxy) is 1. The molecule has 1 saturated heterocycles. The zero-order valence-electron chi connectivity index (χ0n) is 37.0. The summed E-state index contributed by atoms with van der Waals surface area (Å²) in [6.45, 7) is 12.1. The topological polar surface area (TPSA) is 212 Å². The quantitative estimate of drug-likeness (QED) is 0.105. The summed E-state index contributed by atoms with van der Waals surface area (Å²) in [5.41, 5.74) is -0.0345. The molecule has 1 aromatic carbocycles. The van der Waals surface area contributed by atoms with Crippen molar-refractivity contribution in [3.05, 3.63) is 35.9 Å². The monoisotopic (exact) mass is 871 g/mol. The smallest absolute Gasteiger partial charge is 0.407 e. The Hall–Kier alpha value is -4.58. The van der Waals surface area contributed by atoms with Crippen LogP contribution in [0.2, 0.25) is 0 Å². The first-order valence-electron chi connectivity index (χ1n) is 21.3. The average Bonchev–Trinajstić information content (AvgIpc) is 3.71. The van der Waals surface area contributed by atoms with Crippen LogP contribution in [0, 0.1) is 5.92 Å². The van der Waals surface area contributed by atoms with E-state index in [0.29, 0.717) is 18.4 Å². The minimum absolute atomic E-state index is 0.00471. The molecule has 15 nitrogen and oxygen atoms in total. The summed E-state index contributed by atoms with van der Waals surface area (Å²) in [6.07, 6.45) is -2.65. The number of aliphatic hydroxyl groups is 1. The maximum atomic E-state index is 13.7. The fourth-order valence-electron chi connectivity index (χ4n) is 6.70. The minimum Gasteiger partial charge on any atom is -0.447 e. The van der Waals surface area contributed by atoms with Crippen LogP contribution >= 0.6 is 0 Å². The van der Waals surface area contributed by atoms with Crippen LogP contribution in [0.3, 0.4) is 0 Å². The normalized spacial score (nSPS) is 17.4. The third-order valence-electron chi connectivity index (χ3n) is 9.77. The molecule has 3 rings (SSSR count). The van der Waals surface area contributed by atoms with Gasteiger partial charge in [0, 0.05) is 25.4 Å². The number of halogens is 3. The van der Waals surface area contributed by atoms with Gasteiger partial charge in [0.2, 0.25) is 23.5 Å². The molecule has 0 aromatic heterocycles. The number of amides is 5. The predicted molar refractivity (Wildman–Crippen MR) is 224 cm³/mol. The zero-order chi connectivity index (χ0) is 46.3. The highest BCUT2D eigenvalue weighted by molar-refractivity contribution is 6.38. The molecule has 0 spiro atoms. The Labute approximate surface area is 358 Å². The number of hydrogen-bond acceptors (Lipinski definition) is 10. The van der Waals surface area contributed by atoms with Crippen LogP contribution in [0.5, 0.6) is 0 Å². The molecule has 1 aromatic rings. The summed E-state index contributed by atoms with van der Waals surface area (Å²) in [5, 5.41) is 20.9. The molecule has 0 bridgehead atoms. The Bertz CT molecular complexity index is 1550. The molecule has 5 unspecified atom stereocenters. The second-order valence-electron chi connectivity index (χ2n) is 16.1. The van der Waals surface area contributed by atoms with E-state index in [1.54, 1.807) is 65.1 Å². The standard InChI is InChI=1S/C37H53F3N6O8.C4H10O.C2H6/c1-4-23(2)54-36(53)44-27(24-12-7-5-8-13-24)20-31(49)46-19-11-16-28(46)34(51)43-26(17-18-37(38,39)40)33(50)35(52)42-22-30(48)45-32(29(47)21-41-3)25-14-9-6-10-15-25;1-4(2,3)5;1-2/h6,9-10,14-15,23-24,26-28,32,41H,4-5,7-8,11-13,16-22H2,1-3H3,(H,42,52)(H,43,51)(H,44,53)(H,45,48);5H,1-3H3;1-2H3. The number of hydrogen-bond donors (Lipinski definition) is 6. The molecular formula is C43H69F3N6O9. The number of likely N-dealkylation sites (N-methyl/N-ethyl adjacent to an activating group) is 1. The SMILES string of the molecule is CC.CC(C)(C)O.CCC(C)OC(=O)NC(CC(=O)N1CCCC1C(=O)NC(CCC(F)(F)F)C(=O)C(=O)NCC(=O)NC(C(=O)CNC)c1ccccc1)C1CCCCC1. The minimum atomic E-state index is -4.72. The number of ketones is 2. The number of likely N-dealkylation sites (tertiary alicyclic amines) is 1. The van der Waals surface area contributed by atoms with E-state index < -0.39 is 96.6 Å². The molecule has 61 heavy (non-hydrogen) atoms. The van der Waals surface area contributed by atoms with E-state index in [1.807, 2.05) is 20.8 Å². The van der Waals surface area contributed by atoms with Gasteiger partial charge in [0.15, 0.2) is 5.78 Å². The van der Waals surface area contributed by atoms with Gasteiger partial charge in [-0.25, -0.2) is 4.79 Å². The largest absolute Gasteiger partial charge is 0.447 e. The van der Waals surface area contributed by atoms with Gasteiger partial charge in [-0.1, -0.05) is 70.4 Å². The van der Waals surface area contributed by atoms with Crippen molar-refractivity contribution in [2.45, 2.75) is 161 Å². The van der Waals surface area contributed by atoms with E-state index in [9.17, 15) is 46.7 Å². The van der Waals surface area contributed by atoms with Crippen molar-refractivity contribution in [3.63, 3.8) is 0 Å². The first-order valence-corrected chi connectivity index (χ1v) is 21.3. The summed E-state index contributed by atoms with van der Waals surface area (Å²) in [7, 11) is 1.55. The fraction of sp³-hybridized carbons (Fsp3) is 0.698. The predicted octanol–water partition coefficient (Wildman–Crippen LogP) is 4.80. The molecule has 5 amide bonds. The Morgan fingerprint density at radius 2 is 1.49 bits per heavy atom. The molecule has 1 saturated carbocycles. The highest BCUT2D eigenvalue weighted by Gasteiger charge is 2.40. The number of rotatable bonds is 19. The highest BCUT2D eigenvalue weighted by atomic mass is 19.4. The first-order chi connectivity index (χ1) is 28.6. The number of Topliss-reactive ketones (excluding diaryl/α,β-unsaturated/α-hetero) is 2. The van der Waals surface area contributed by atoms with E-state index in [-0.39, 0.29) is 38.0 Å². The molecule has 18 heteroatoms. The Balaban J connectivity index is 0.00000247. The third-order valence-corrected chi connectivity index (χ3v) is 9.77. The lowest BCUT2D eigenvalue weighted by molar-refractivity contribution is -0.147. The van der Waals surface area contributed by atoms with Crippen LogP contribution in [-0.2, 0) is 33.5 Å². The molecule has 1 aliphatic heterocycles. The zero-order valence-corrected chi connectivity index (χ0v) is 37.0. The van der Waals surface area contributed by atoms with Gasteiger partial charge in [-0.15, -0.1) is 0 Å². The van der Waals surface area contributed by atoms with Crippen molar-refractivity contribution >= 4 is 41.3 Å². The number of carbonyl (C=O) groups excluding carboxylic acids is 7. The molecule has 1 aliphatic carbocycles. The highest BCUT2D eigenvalue weighted by Crippen LogP contribution is 2.30. The van der Waals surface area contributed by atoms with Crippen molar-refractivity contribution in [1.82, 2.24) is 31.5 Å². The summed E-state index contributed by atoms with van der Waals surface area (Å²) >= 11 is 0. The lowest BCUT2D eigenvalue weighted by Crippen LogP contribution is -2.54. The fourth-order valence-corrected chi connectivity index (χ4v) is 6.70. The van der Waals surface area contributed by atoms with Gasteiger partial charge >= 0.3 is 12.3 Å². The molecule has 2 aliphatic rings. The summed E-state index contributed by atoms with van der Waals surface area (Å²) < 4.78 is 45.2. The average molecular weight is 871 g/mol. The number of alkyl halides is 3. The van der Waals surface area contributed by atoms with Gasteiger partial charge in [-0.05, 0) is 84.7 Å². The molecule has 6 N–H and O–H groups in total. The molecule has 2 fully saturated rings. The lowest BCUT2D eigenvalue weighted by atomic mass is 9.82. The van der Waals surface area contributed by atoms with Gasteiger partial charge in [-0.3, -0.25) is 28.8 Å². The van der Waals surface area contributed by atoms with Gasteiger partial charge in [0.25, 0.3) is 5.91 Å². The van der Waals surface area contributed by atoms with Gasteiger partial charge in [0.1, 0.15) is 18.2 Å². The molecule has 1 heterocycles. The van der Waals surface area contributed by atoms with Crippen LogP contribution in [0.4, 0.5) is 18.0 Å². The van der Waals surface area contributed by atoms with Crippen molar-refractivity contribution < 1.29 is 56.6 Å². The molecular weight excluding hydrogens is 801 g/mol. The Kier molecular flexibility index (Phi) is 24.4. The Morgan fingerprint density at radius 1 is 0.885 bits per heavy atom. The van der Waals surface area contributed by atoms with E-state index in [4.69, 9.17) is 9.84 Å². The van der Waals surface area contributed by atoms with Crippen molar-refractivity contribution in [3.8, 4) is 0 Å². The van der Waals surface area contributed by atoms with E-state index >= 15 is 0 Å². The lowest BCUT2D eigenvalue weighted by Gasteiger charge is -2.33. The summed E-state index contributed by atoms with van der Waals surface area (Å²) in [6, 6.07) is 3.58. The first kappa shape index (κ1) is 54.4. The maximum Gasteiger partial charge on any atom is 0.407 e. The molecule has 0 radical (unpaired) electrons. The van der Waals surface area contributed by atoms with Gasteiger partial charge < -0.3 is 41.3 Å². The summed E-state index contributed by atoms with van der Waals surface area (Å²) in [4.78, 5) is 92.6. The van der Waals surface area contributed by atoms with E-state index in [2.05, 4.69) is 26.6 Å². The second kappa shape index (κ2) is 27.4. The van der Waals surface area contributed by atoms with Crippen LogP contribution in [-0.4, -0.2) is 114 Å². The van der Waals surface area contributed by atoms with Crippen molar-refractivity contribution in [2.75, 3.05) is 26.7 Å². The van der Waals surface area contributed by atoms with Crippen LogP contribution in [0.15, 0.2) is 30.3 Å². The maximum absolute atomic E-state index is 13.7. The number of nitrogens with one attached hydrogen (secondary N) is 5. The van der Waals surface area contributed by atoms with Crippen LogP contribution in [0.25, 0.3) is 0 Å². The summed E-state index contributed by atoms with van der Waals surface area (Å²) in [5.74, 6) is -5.41. The van der Waals surface area contributed by atoms with Gasteiger partial charge in [-0.2, -0.15) is 13.2 Å². The number of carbonyl (C=O) groups is 7. The van der Waals surface area contributed by atoms with E-state index in [1.165, 1.54) is 4.90 Å². The van der Waals surface area contributed by atoms with Crippen molar-refractivity contribution in [1.29, 1.82) is 0 Å². The molecule has 5 atom stereocenters. The van der Waals surface area contributed by atoms with Crippen molar-refractivity contribution in [2.24, 2.45) is 5.92 Å². The third kappa shape index (κ3) is 21.7. The van der Waals surface area contributed by atoms with Crippen LogP contribution in [0.1, 0.15) is 131 Å². The Morgan fingerprint density at radius 3 is 2.05 bits per heavy atom.